The van der Waals surface area contributed by atoms with E-state index in [0.717, 1.165) is 53.7 Å². The largest absolute Gasteiger partial charge is 0 e. The molecule has 0 atom stereocenters. The van der Waals surface area contributed by atoms with Crippen LogP contribution in [0.4, 0.5) is 5.69 Å². The molecule has 65 heavy (non-hydrogen) atoms. The Balaban J connectivity index is 0.00000630. The third-order valence-corrected chi connectivity index (χ3v) is 17.4. The molecule has 0 unspecified atom stereocenters. The molecule has 7 aromatic rings. The van der Waals surface area contributed by atoms with Crippen molar-refractivity contribution in [1.29, 1.82) is 0 Å². The number of hydrogen-bond donors (Lipinski definition) is 1. The standard InChI is InChI=1S/C60H63N2O.Bi.Pt/c1-38(2)51-32-44(41-22-18-15-19-23-41)33-52(39(3)4)56(51)43-24-25-50(55(35-43)62-37-47-31-49(59(8,9)10)36-53(57(47)63)60(11,12)13)45-28-46(30-48(29-45)58(5,6)7)54-34-42(26-27-61-54)40-20-16-14-17-21-40;;/h14-27,29-34,36,38-39,63H,1-13H3;;/q-1;;. The molecule has 0 fully saturated rings. The van der Waals surface area contributed by atoms with Crippen molar-refractivity contribution in [3.63, 3.8) is 0 Å². The molecule has 5 heteroatoms. The Hall–Kier alpha value is -4.49. The third-order valence-electron chi connectivity index (χ3n) is 12.6. The number of phenolic OH excluding ortho intramolecular Hbond substituents is 1. The fourth-order valence-corrected chi connectivity index (χ4v) is 13.6. The second-order valence-corrected chi connectivity index (χ2v) is 25.5. The minimum atomic E-state index is -1.79. The van der Waals surface area contributed by atoms with Gasteiger partial charge in [-0.3, -0.25) is 0 Å². The van der Waals surface area contributed by atoms with E-state index in [0.29, 0.717) is 17.6 Å². The number of rotatable bonds is 8. The average Bonchev–Trinajstić information content (AvgIpc) is 3.70. The average molecular weight is 1230 g/mol. The molecule has 0 bridgehead atoms. The van der Waals surface area contributed by atoms with Gasteiger partial charge in [-0.05, 0) is 0 Å². The van der Waals surface area contributed by atoms with Gasteiger partial charge in [-0.1, -0.05) is 6.07 Å². The van der Waals surface area contributed by atoms with Crippen molar-refractivity contribution in [2.24, 2.45) is 4.99 Å². The predicted molar refractivity (Wildman–Crippen MR) is 274 cm³/mol. The van der Waals surface area contributed by atoms with Crippen molar-refractivity contribution in [1.82, 2.24) is 4.98 Å². The van der Waals surface area contributed by atoms with Crippen molar-refractivity contribution >= 4 is 35.6 Å². The number of pyridine rings is 1. The van der Waals surface area contributed by atoms with E-state index in [1.807, 2.05) is 6.20 Å². The van der Waals surface area contributed by atoms with Gasteiger partial charge < -0.3 is 0 Å². The van der Waals surface area contributed by atoms with Crippen molar-refractivity contribution in [3.05, 3.63) is 167 Å². The van der Waals surface area contributed by atoms with E-state index in [2.05, 4.69) is 217 Å². The molecule has 335 valence electrons. The van der Waals surface area contributed by atoms with Crippen LogP contribution in [0.5, 0.6) is 5.75 Å². The molecule has 0 amide bonds. The second kappa shape index (κ2) is 18.7. The smallest absolute Gasteiger partial charge is 0 e. The molecule has 8 rings (SSSR count). The summed E-state index contributed by atoms with van der Waals surface area (Å²) in [4.78, 5) is 10.7. The third kappa shape index (κ3) is 9.97. The molecule has 1 aromatic heterocycles. The van der Waals surface area contributed by atoms with E-state index >= 15 is 0 Å². The Kier molecular flexibility index (Phi) is 13.9. The van der Waals surface area contributed by atoms with E-state index in [4.69, 9.17) is 9.98 Å². The molecular weight excluding hydrogens is 1170 g/mol. The molecule has 0 aliphatic carbocycles. The summed E-state index contributed by atoms with van der Waals surface area (Å²) < 4.78 is 2.43. The fourth-order valence-electron chi connectivity index (χ4n) is 8.77. The summed E-state index contributed by atoms with van der Waals surface area (Å²) in [5.41, 5.74) is 18.9. The maximum Gasteiger partial charge on any atom is 0 e. The molecule has 0 saturated heterocycles. The van der Waals surface area contributed by atoms with E-state index in [9.17, 15) is 5.11 Å². The number of hydrogen-bond acceptors (Lipinski definition) is 3. The Morgan fingerprint density at radius 2 is 1.08 bits per heavy atom. The van der Waals surface area contributed by atoms with Crippen LogP contribution in [-0.4, -0.2) is 36.7 Å². The Morgan fingerprint density at radius 3 is 1.63 bits per heavy atom. The summed E-state index contributed by atoms with van der Waals surface area (Å²) in [6, 6.07) is 48.1. The van der Waals surface area contributed by atoms with Gasteiger partial charge >= 0.3 is 391 Å². The zero-order valence-corrected chi connectivity index (χ0v) is 46.1. The first-order valence-corrected chi connectivity index (χ1v) is 26.4. The predicted octanol–water partition coefficient (Wildman–Crippen LogP) is 15.5. The van der Waals surface area contributed by atoms with Crippen molar-refractivity contribution in [2.45, 2.75) is 118 Å². The molecule has 2 heterocycles. The van der Waals surface area contributed by atoms with Crippen LogP contribution in [0.1, 0.15) is 135 Å². The summed E-state index contributed by atoms with van der Waals surface area (Å²) in [6.07, 6.45) is 1.91. The first-order chi connectivity index (χ1) is 30.2. The van der Waals surface area contributed by atoms with E-state index < -0.39 is 23.2 Å². The quantitative estimate of drug-likeness (QED) is 0.122. The molecule has 1 aliphatic heterocycles. The molecule has 1 aliphatic rings. The van der Waals surface area contributed by atoms with E-state index in [-0.39, 0.29) is 37.3 Å². The van der Waals surface area contributed by atoms with Gasteiger partial charge in [0.25, 0.3) is 0 Å². The summed E-state index contributed by atoms with van der Waals surface area (Å²) in [7, 11) is 0. The van der Waals surface area contributed by atoms with Crippen LogP contribution in [-0.2, 0) is 37.3 Å². The minimum absolute atomic E-state index is 0. The van der Waals surface area contributed by atoms with Gasteiger partial charge in [-0.25, -0.2) is 0 Å². The van der Waals surface area contributed by atoms with Crippen LogP contribution in [0.3, 0.4) is 0 Å². The topological polar surface area (TPSA) is 45.5 Å². The summed E-state index contributed by atoms with van der Waals surface area (Å²) >= 11 is -1.79. The van der Waals surface area contributed by atoms with Crippen LogP contribution in [0.15, 0.2) is 133 Å². The number of nitrogens with zero attached hydrogens (tertiary/aromatic N) is 2. The first-order valence-electron chi connectivity index (χ1n) is 22.9. The first kappa shape index (κ1) is 48.4. The fraction of sp³-hybridized carbons (Fsp3) is 0.300. The van der Waals surface area contributed by atoms with Gasteiger partial charge in [-0.2, -0.15) is 0 Å². The number of aromatic nitrogens is 1. The maximum absolute atomic E-state index is 12.3. The van der Waals surface area contributed by atoms with Crippen molar-refractivity contribution < 1.29 is 26.2 Å². The van der Waals surface area contributed by atoms with Crippen LogP contribution >= 0.6 is 0 Å². The molecule has 3 nitrogen and oxygen atoms in total. The molecule has 6 aromatic carbocycles. The minimum Gasteiger partial charge on any atom is 0 e. The summed E-state index contributed by atoms with van der Waals surface area (Å²) in [5.74, 6) is 0.949. The zero-order valence-electron chi connectivity index (χ0n) is 40.4. The van der Waals surface area contributed by atoms with Gasteiger partial charge in [0.1, 0.15) is 0 Å². The van der Waals surface area contributed by atoms with Crippen LogP contribution in [0, 0.1) is 6.07 Å². The number of benzene rings is 6. The Morgan fingerprint density at radius 1 is 0.538 bits per heavy atom. The summed E-state index contributed by atoms with van der Waals surface area (Å²) in [6.45, 7) is 29.5. The molecule has 1 N–H and O–H groups in total. The van der Waals surface area contributed by atoms with Gasteiger partial charge in [0.2, 0.25) is 0 Å². The SMILES string of the molecule is CC(C)c1cc(-c2ccccc2)cc(C(C)C)c1-c1ccc(-c2[c-]c(-c3cc(-c4ccccc4)ccn3)cc(C(C)(C)C)c2)c2[c]1[Bi][C](c1cc(C(C)(C)C)cc(C(C)(C)C)c1O)=N2.[Pt]. The molecular formula is C60H63BiN2OPt-. The van der Waals surface area contributed by atoms with Crippen LogP contribution in [0.2, 0.25) is 0 Å². The maximum atomic E-state index is 12.3. The van der Waals surface area contributed by atoms with Gasteiger partial charge in [0.05, 0.1) is 0 Å². The summed E-state index contributed by atoms with van der Waals surface area (Å²) in [5, 5.41) is 12.3. The second-order valence-electron chi connectivity index (χ2n) is 21.3. The van der Waals surface area contributed by atoms with Gasteiger partial charge in [0, 0.05) is 21.1 Å². The number of phenols is 1. The molecule has 0 spiro atoms. The number of aliphatic imine (C=N–C) groups is 1. The van der Waals surface area contributed by atoms with Gasteiger partial charge in [-0.15, -0.1) is 0 Å². The molecule has 0 saturated carbocycles. The molecule has 1 radical (unpaired) electrons. The van der Waals surface area contributed by atoms with Gasteiger partial charge in [0.15, 0.2) is 0 Å². The number of aromatic hydroxyl groups is 1. The normalized spacial score (nSPS) is 12.9. The zero-order chi connectivity index (χ0) is 45.9. The van der Waals surface area contributed by atoms with E-state index in [1.165, 1.54) is 47.8 Å². The Labute approximate surface area is 415 Å². The van der Waals surface area contributed by atoms with Crippen LogP contribution in [0.25, 0.3) is 55.8 Å². The van der Waals surface area contributed by atoms with Crippen molar-refractivity contribution in [2.75, 3.05) is 0 Å². The van der Waals surface area contributed by atoms with E-state index in [1.54, 1.807) is 0 Å². The van der Waals surface area contributed by atoms with Crippen LogP contribution < -0.4 is 3.27 Å². The Bertz CT molecular complexity index is 2880. The monoisotopic (exact) mass is 1230 g/mol. The number of fused-ring (bicyclic) bond motifs is 1. The van der Waals surface area contributed by atoms with Crippen molar-refractivity contribution in [3.8, 4) is 61.5 Å².